The molecule has 0 aliphatic carbocycles. The fourth-order valence-corrected chi connectivity index (χ4v) is 1.48. The summed E-state index contributed by atoms with van der Waals surface area (Å²) in [6, 6.07) is 3.11. The Balaban J connectivity index is 2.19. The molecule has 20 heavy (non-hydrogen) atoms. The fourth-order valence-electron chi connectivity index (χ4n) is 1.48. The maximum Gasteiger partial charge on any atom is 0.146 e. The summed E-state index contributed by atoms with van der Waals surface area (Å²) in [4.78, 5) is 0. The highest BCUT2D eigenvalue weighted by Gasteiger charge is 2.07. The molecule has 0 aliphatic heterocycles. The zero-order chi connectivity index (χ0) is 15.0. The molecule has 0 aromatic heterocycles. The van der Waals surface area contributed by atoms with Gasteiger partial charge in [0.15, 0.2) is 0 Å². The Bertz CT molecular complexity index is 402. The first kappa shape index (κ1) is 16.8. The maximum atomic E-state index is 13.3. The number of benzene rings is 1. The van der Waals surface area contributed by atoms with Gasteiger partial charge in [0.1, 0.15) is 11.6 Å². The van der Waals surface area contributed by atoms with Crippen molar-refractivity contribution in [1.29, 1.82) is 0 Å². The molecule has 1 aromatic rings. The highest BCUT2D eigenvalue weighted by molar-refractivity contribution is 5.44. The van der Waals surface area contributed by atoms with E-state index in [1.807, 2.05) is 13.8 Å². The summed E-state index contributed by atoms with van der Waals surface area (Å²) in [6.07, 6.45) is -0.669. The van der Waals surface area contributed by atoms with Crippen molar-refractivity contribution in [2.24, 2.45) is 0 Å². The molecule has 0 bridgehead atoms. The van der Waals surface area contributed by atoms with Crippen LogP contribution in [0, 0.1) is 11.6 Å². The molecule has 0 fully saturated rings. The van der Waals surface area contributed by atoms with Crippen LogP contribution >= 0.6 is 0 Å². The van der Waals surface area contributed by atoms with E-state index in [2.05, 4.69) is 5.32 Å². The lowest BCUT2D eigenvalue weighted by Gasteiger charge is -2.14. The van der Waals surface area contributed by atoms with Crippen LogP contribution in [0.4, 0.5) is 14.5 Å². The second-order valence-electron chi connectivity index (χ2n) is 4.65. The van der Waals surface area contributed by atoms with Gasteiger partial charge in [-0.05, 0) is 32.0 Å². The van der Waals surface area contributed by atoms with E-state index in [0.29, 0.717) is 13.2 Å². The largest absolute Gasteiger partial charge is 0.389 e. The third kappa shape index (κ3) is 6.79. The van der Waals surface area contributed by atoms with Crippen molar-refractivity contribution in [3.05, 3.63) is 29.8 Å². The van der Waals surface area contributed by atoms with Crippen molar-refractivity contribution in [2.45, 2.75) is 26.1 Å². The third-order valence-electron chi connectivity index (χ3n) is 2.45. The number of hydrogen-bond acceptors (Lipinski definition) is 4. The Kier molecular flexibility index (Phi) is 7.43. The van der Waals surface area contributed by atoms with Crippen LogP contribution < -0.4 is 5.32 Å². The van der Waals surface area contributed by atoms with E-state index < -0.39 is 17.7 Å². The average molecular weight is 289 g/mol. The lowest BCUT2D eigenvalue weighted by Crippen LogP contribution is -2.26. The molecule has 0 heterocycles. The van der Waals surface area contributed by atoms with Gasteiger partial charge in [0.05, 0.1) is 37.7 Å². The molecule has 114 valence electrons. The second-order valence-corrected chi connectivity index (χ2v) is 4.65. The first-order valence-electron chi connectivity index (χ1n) is 6.55. The van der Waals surface area contributed by atoms with Crippen molar-refractivity contribution >= 4 is 5.69 Å². The molecular formula is C14H21F2NO3. The number of aliphatic hydroxyl groups is 1. The first-order chi connectivity index (χ1) is 9.49. The van der Waals surface area contributed by atoms with Gasteiger partial charge < -0.3 is 19.9 Å². The number of aliphatic hydroxyl groups excluding tert-OH is 1. The van der Waals surface area contributed by atoms with E-state index in [0.717, 1.165) is 18.2 Å². The number of rotatable bonds is 9. The summed E-state index contributed by atoms with van der Waals surface area (Å²) in [7, 11) is 0. The molecule has 1 unspecified atom stereocenters. The SMILES string of the molecule is CC(C)OCCOCC(O)CNc1cc(F)ccc1F. The standard InChI is InChI=1S/C14H21F2NO3/c1-10(2)20-6-5-19-9-12(18)8-17-14-7-11(15)3-4-13(14)16/h3-4,7,10,12,17-18H,5-6,8-9H2,1-2H3. The topological polar surface area (TPSA) is 50.7 Å². The molecule has 0 saturated heterocycles. The zero-order valence-electron chi connectivity index (χ0n) is 11.7. The smallest absolute Gasteiger partial charge is 0.146 e. The van der Waals surface area contributed by atoms with Gasteiger partial charge in [-0.25, -0.2) is 8.78 Å². The van der Waals surface area contributed by atoms with Crippen LogP contribution in [-0.2, 0) is 9.47 Å². The molecule has 2 N–H and O–H groups in total. The number of anilines is 1. The van der Waals surface area contributed by atoms with E-state index in [-0.39, 0.29) is 24.9 Å². The van der Waals surface area contributed by atoms with E-state index in [1.165, 1.54) is 0 Å². The number of hydrogen-bond donors (Lipinski definition) is 2. The van der Waals surface area contributed by atoms with E-state index in [9.17, 15) is 13.9 Å². The summed E-state index contributed by atoms with van der Waals surface area (Å²) in [5.41, 5.74) is 0.0205. The van der Waals surface area contributed by atoms with Crippen LogP contribution in [0.25, 0.3) is 0 Å². The highest BCUT2D eigenvalue weighted by Crippen LogP contribution is 2.14. The Morgan fingerprint density at radius 2 is 2.00 bits per heavy atom. The third-order valence-corrected chi connectivity index (χ3v) is 2.45. The van der Waals surface area contributed by atoms with E-state index in [4.69, 9.17) is 9.47 Å². The molecule has 4 nitrogen and oxygen atoms in total. The molecule has 0 radical (unpaired) electrons. The minimum atomic E-state index is -0.809. The number of ether oxygens (including phenoxy) is 2. The predicted octanol–water partition coefficient (Wildman–Crippen LogP) is 2.18. The minimum Gasteiger partial charge on any atom is -0.389 e. The summed E-state index contributed by atoms with van der Waals surface area (Å²) >= 11 is 0. The molecule has 0 amide bonds. The van der Waals surface area contributed by atoms with E-state index in [1.54, 1.807) is 0 Å². The quantitative estimate of drug-likeness (QED) is 0.684. The average Bonchev–Trinajstić information content (AvgIpc) is 2.39. The molecule has 0 spiro atoms. The summed E-state index contributed by atoms with van der Waals surface area (Å²) in [5, 5.41) is 12.3. The van der Waals surface area contributed by atoms with Crippen molar-refractivity contribution in [1.82, 2.24) is 0 Å². The molecule has 0 saturated carbocycles. The monoisotopic (exact) mass is 289 g/mol. The van der Waals surface area contributed by atoms with Gasteiger partial charge in [-0.15, -0.1) is 0 Å². The summed E-state index contributed by atoms with van der Waals surface area (Å²) < 4.78 is 36.7. The maximum absolute atomic E-state index is 13.3. The highest BCUT2D eigenvalue weighted by atomic mass is 19.1. The van der Waals surface area contributed by atoms with Crippen LogP contribution in [-0.4, -0.2) is 43.7 Å². The minimum absolute atomic E-state index is 0.0205. The molecule has 1 atom stereocenters. The second kappa shape index (κ2) is 8.84. The van der Waals surface area contributed by atoms with Crippen LogP contribution in [0.15, 0.2) is 18.2 Å². The Labute approximate surface area is 117 Å². The van der Waals surface area contributed by atoms with Crippen molar-refractivity contribution < 1.29 is 23.4 Å². The Hall–Kier alpha value is -1.24. The Morgan fingerprint density at radius 3 is 2.70 bits per heavy atom. The van der Waals surface area contributed by atoms with Gasteiger partial charge in [0.2, 0.25) is 0 Å². The molecule has 1 aromatic carbocycles. The van der Waals surface area contributed by atoms with Gasteiger partial charge in [0.25, 0.3) is 0 Å². The van der Waals surface area contributed by atoms with Crippen molar-refractivity contribution in [3.63, 3.8) is 0 Å². The first-order valence-corrected chi connectivity index (χ1v) is 6.55. The summed E-state index contributed by atoms with van der Waals surface area (Å²) in [5.74, 6) is -1.10. The van der Waals surface area contributed by atoms with Gasteiger partial charge in [-0.1, -0.05) is 0 Å². The van der Waals surface area contributed by atoms with Gasteiger partial charge >= 0.3 is 0 Å². The molecule has 6 heteroatoms. The molecule has 1 rings (SSSR count). The number of nitrogens with one attached hydrogen (secondary N) is 1. The lowest BCUT2D eigenvalue weighted by atomic mass is 10.3. The number of halogens is 2. The predicted molar refractivity (Wildman–Crippen MR) is 72.8 cm³/mol. The van der Waals surface area contributed by atoms with Gasteiger partial charge in [0, 0.05) is 6.54 Å². The zero-order valence-corrected chi connectivity index (χ0v) is 11.7. The van der Waals surface area contributed by atoms with Crippen LogP contribution in [0.5, 0.6) is 0 Å². The van der Waals surface area contributed by atoms with E-state index >= 15 is 0 Å². The molecular weight excluding hydrogens is 268 g/mol. The normalized spacial score (nSPS) is 12.7. The van der Waals surface area contributed by atoms with Crippen LogP contribution in [0.3, 0.4) is 0 Å². The van der Waals surface area contributed by atoms with Crippen LogP contribution in [0.2, 0.25) is 0 Å². The lowest BCUT2D eigenvalue weighted by molar-refractivity contribution is -0.00735. The van der Waals surface area contributed by atoms with Gasteiger partial charge in [-0.2, -0.15) is 0 Å². The fraction of sp³-hybridized carbons (Fsp3) is 0.571. The van der Waals surface area contributed by atoms with Crippen molar-refractivity contribution in [3.8, 4) is 0 Å². The molecule has 0 aliphatic rings. The van der Waals surface area contributed by atoms with Crippen LogP contribution in [0.1, 0.15) is 13.8 Å². The Morgan fingerprint density at radius 1 is 1.25 bits per heavy atom. The van der Waals surface area contributed by atoms with Gasteiger partial charge in [-0.3, -0.25) is 0 Å². The van der Waals surface area contributed by atoms with Crippen molar-refractivity contribution in [2.75, 3.05) is 31.7 Å². The summed E-state index contributed by atoms with van der Waals surface area (Å²) in [6.45, 7) is 4.86.